The Hall–Kier alpha value is -1.60. The summed E-state index contributed by atoms with van der Waals surface area (Å²) < 4.78 is 0. The van der Waals surface area contributed by atoms with Gasteiger partial charge in [0.15, 0.2) is 5.96 Å². The van der Waals surface area contributed by atoms with Gasteiger partial charge < -0.3 is 15.5 Å². The van der Waals surface area contributed by atoms with Crippen LogP contribution in [0.1, 0.15) is 37.5 Å². The van der Waals surface area contributed by atoms with Gasteiger partial charge in [0.25, 0.3) is 0 Å². The molecule has 1 aliphatic heterocycles. The van der Waals surface area contributed by atoms with Crippen LogP contribution < -0.4 is 10.6 Å². The maximum atomic E-state index is 11.8. The number of rotatable bonds is 7. The van der Waals surface area contributed by atoms with Crippen LogP contribution in [0, 0.1) is 0 Å². The molecule has 26 heavy (non-hydrogen) atoms. The highest BCUT2D eigenvalue weighted by molar-refractivity contribution is 7.10. The quantitative estimate of drug-likeness (QED) is 0.562. The molecule has 1 fully saturated rings. The lowest BCUT2D eigenvalue weighted by molar-refractivity contribution is -0.130. The summed E-state index contributed by atoms with van der Waals surface area (Å²) in [7, 11) is 3.62. The monoisotopic (exact) mass is 379 g/mol. The van der Waals surface area contributed by atoms with Gasteiger partial charge in [0.1, 0.15) is 0 Å². The Morgan fingerprint density at radius 3 is 2.73 bits per heavy atom. The Morgan fingerprint density at radius 2 is 2.15 bits per heavy atom. The van der Waals surface area contributed by atoms with Crippen molar-refractivity contribution in [2.45, 2.75) is 38.6 Å². The van der Waals surface area contributed by atoms with Gasteiger partial charge in [-0.05, 0) is 31.2 Å². The van der Waals surface area contributed by atoms with Gasteiger partial charge in [0, 0.05) is 50.6 Å². The third-order valence-corrected chi connectivity index (χ3v) is 5.79. The summed E-state index contributed by atoms with van der Waals surface area (Å²) in [6.07, 6.45) is 2.07. The summed E-state index contributed by atoms with van der Waals surface area (Å²) in [4.78, 5) is 21.9. The highest BCUT2D eigenvalue weighted by Crippen LogP contribution is 2.20. The van der Waals surface area contributed by atoms with E-state index in [1.807, 2.05) is 14.1 Å². The van der Waals surface area contributed by atoms with Gasteiger partial charge >= 0.3 is 0 Å². The number of nitrogens with zero attached hydrogens (tertiary/aromatic N) is 3. The predicted molar refractivity (Wildman–Crippen MR) is 110 cm³/mol. The van der Waals surface area contributed by atoms with E-state index in [0.717, 1.165) is 45.0 Å². The molecule has 0 bridgehead atoms. The van der Waals surface area contributed by atoms with Crippen LogP contribution in [0.25, 0.3) is 0 Å². The molecule has 1 unspecified atom stereocenters. The van der Waals surface area contributed by atoms with Crippen molar-refractivity contribution in [2.24, 2.45) is 4.99 Å². The molecule has 7 heteroatoms. The number of carbonyl (C=O) groups excluding carboxylic acids is 1. The number of aliphatic imine (C=N–C) groups is 1. The van der Waals surface area contributed by atoms with Crippen molar-refractivity contribution in [3.05, 3.63) is 22.4 Å². The number of likely N-dealkylation sites (N-methyl/N-ethyl adjacent to an activating group) is 1. The molecule has 1 amide bonds. The zero-order chi connectivity index (χ0) is 18.9. The predicted octanol–water partition coefficient (Wildman–Crippen LogP) is 1.96. The topological polar surface area (TPSA) is 60.0 Å². The van der Waals surface area contributed by atoms with Crippen molar-refractivity contribution in [3.8, 4) is 0 Å². The summed E-state index contributed by atoms with van der Waals surface area (Å²) >= 11 is 1.79. The Morgan fingerprint density at radius 1 is 1.42 bits per heavy atom. The second kappa shape index (κ2) is 10.5. The van der Waals surface area contributed by atoms with Gasteiger partial charge in [-0.15, -0.1) is 11.3 Å². The molecule has 0 saturated carbocycles. The summed E-state index contributed by atoms with van der Waals surface area (Å²) in [5.74, 6) is 1.51. The van der Waals surface area contributed by atoms with E-state index < -0.39 is 0 Å². The molecule has 0 aliphatic carbocycles. The molecule has 2 rings (SSSR count). The van der Waals surface area contributed by atoms with Gasteiger partial charge in [-0.1, -0.05) is 13.0 Å². The molecule has 1 atom stereocenters. The van der Waals surface area contributed by atoms with Gasteiger partial charge in [0.2, 0.25) is 5.91 Å². The second-order valence-electron chi connectivity index (χ2n) is 7.12. The Kier molecular flexibility index (Phi) is 8.38. The van der Waals surface area contributed by atoms with E-state index in [-0.39, 0.29) is 5.91 Å². The summed E-state index contributed by atoms with van der Waals surface area (Å²) in [5.41, 5.74) is 0. The molecule has 0 aromatic carbocycles. The number of nitrogens with one attached hydrogen (secondary N) is 2. The minimum atomic E-state index is 0.175. The fourth-order valence-electron chi connectivity index (χ4n) is 2.97. The van der Waals surface area contributed by atoms with E-state index in [9.17, 15) is 4.79 Å². The average molecular weight is 380 g/mol. The van der Waals surface area contributed by atoms with Crippen molar-refractivity contribution >= 4 is 23.2 Å². The number of likely N-dealkylation sites (tertiary alicyclic amines) is 1. The molecule has 1 aromatic rings. The summed E-state index contributed by atoms with van der Waals surface area (Å²) in [6.45, 7) is 8.37. The first-order valence-electron chi connectivity index (χ1n) is 9.50. The van der Waals surface area contributed by atoms with Gasteiger partial charge in [-0.25, -0.2) is 0 Å². The van der Waals surface area contributed by atoms with Crippen LogP contribution in [-0.2, 0) is 4.79 Å². The number of guanidine groups is 1. The van der Waals surface area contributed by atoms with E-state index in [4.69, 9.17) is 4.99 Å². The third kappa shape index (κ3) is 6.61. The van der Waals surface area contributed by atoms with Crippen LogP contribution in [-0.4, -0.2) is 74.5 Å². The second-order valence-corrected chi connectivity index (χ2v) is 8.10. The molecule has 146 valence electrons. The number of thiophene rings is 1. The minimum absolute atomic E-state index is 0.175. The number of carbonyl (C=O) groups is 1. The largest absolute Gasteiger partial charge is 0.357 e. The lowest BCUT2D eigenvalue weighted by Crippen LogP contribution is -2.50. The Bertz CT molecular complexity index is 564. The standard InChI is InChI=1S/C19H33N5OS/c1-5-20-19(21-13-15(2)17-7-6-12-26-17)22-16-8-10-24(11-9-16)14-18(25)23(3)4/h6-7,12,15-16H,5,8-11,13-14H2,1-4H3,(H2,20,21,22). The van der Waals surface area contributed by atoms with Crippen LogP contribution in [0.15, 0.2) is 22.5 Å². The summed E-state index contributed by atoms with van der Waals surface area (Å²) in [5, 5.41) is 9.05. The third-order valence-electron chi connectivity index (χ3n) is 4.68. The van der Waals surface area contributed by atoms with Gasteiger partial charge in [0.05, 0.1) is 13.1 Å². The lowest BCUT2D eigenvalue weighted by Gasteiger charge is -2.33. The van der Waals surface area contributed by atoms with Crippen molar-refractivity contribution < 1.29 is 4.79 Å². The van der Waals surface area contributed by atoms with E-state index in [0.29, 0.717) is 18.5 Å². The first-order valence-corrected chi connectivity index (χ1v) is 10.4. The van der Waals surface area contributed by atoms with Crippen LogP contribution in [0.3, 0.4) is 0 Å². The Balaban J connectivity index is 1.80. The highest BCUT2D eigenvalue weighted by Gasteiger charge is 2.22. The zero-order valence-electron chi connectivity index (χ0n) is 16.5. The molecule has 0 radical (unpaired) electrons. The van der Waals surface area contributed by atoms with Crippen LogP contribution >= 0.6 is 11.3 Å². The number of piperidine rings is 1. The molecular formula is C19H33N5OS. The fraction of sp³-hybridized carbons (Fsp3) is 0.684. The average Bonchev–Trinajstić information content (AvgIpc) is 3.16. The van der Waals surface area contributed by atoms with Crippen LogP contribution in [0.5, 0.6) is 0 Å². The summed E-state index contributed by atoms with van der Waals surface area (Å²) in [6, 6.07) is 4.68. The van der Waals surface area contributed by atoms with Gasteiger partial charge in [-0.3, -0.25) is 14.7 Å². The van der Waals surface area contributed by atoms with E-state index >= 15 is 0 Å². The first kappa shape index (κ1) is 20.7. The van der Waals surface area contributed by atoms with Crippen molar-refractivity contribution in [3.63, 3.8) is 0 Å². The number of hydrogen-bond donors (Lipinski definition) is 2. The maximum absolute atomic E-state index is 11.8. The molecule has 1 aromatic heterocycles. The first-order chi connectivity index (χ1) is 12.5. The van der Waals surface area contributed by atoms with Gasteiger partial charge in [-0.2, -0.15) is 0 Å². The Labute approximate surface area is 161 Å². The molecular weight excluding hydrogens is 346 g/mol. The van der Waals surface area contributed by atoms with Crippen LogP contribution in [0.4, 0.5) is 0 Å². The molecule has 2 N–H and O–H groups in total. The lowest BCUT2D eigenvalue weighted by atomic mass is 10.1. The number of amides is 1. The molecule has 1 aliphatic rings. The van der Waals surface area contributed by atoms with Crippen molar-refractivity contribution in [1.29, 1.82) is 0 Å². The fourth-order valence-corrected chi connectivity index (χ4v) is 3.75. The zero-order valence-corrected chi connectivity index (χ0v) is 17.3. The van der Waals surface area contributed by atoms with Crippen molar-refractivity contribution in [1.82, 2.24) is 20.4 Å². The molecule has 2 heterocycles. The van der Waals surface area contributed by atoms with E-state index in [2.05, 4.69) is 46.9 Å². The van der Waals surface area contributed by atoms with Crippen molar-refractivity contribution in [2.75, 3.05) is 46.8 Å². The smallest absolute Gasteiger partial charge is 0.236 e. The normalized spacial score (nSPS) is 17.8. The molecule has 1 saturated heterocycles. The molecule has 0 spiro atoms. The minimum Gasteiger partial charge on any atom is -0.357 e. The van der Waals surface area contributed by atoms with E-state index in [1.165, 1.54) is 4.88 Å². The SMILES string of the molecule is CCNC(=NCC(C)c1cccs1)NC1CCN(CC(=O)N(C)C)CC1. The highest BCUT2D eigenvalue weighted by atomic mass is 32.1. The van der Waals surface area contributed by atoms with Crippen LogP contribution in [0.2, 0.25) is 0 Å². The molecule has 6 nitrogen and oxygen atoms in total. The maximum Gasteiger partial charge on any atom is 0.236 e. The van der Waals surface area contributed by atoms with E-state index in [1.54, 1.807) is 16.2 Å². The number of hydrogen-bond acceptors (Lipinski definition) is 4.